The van der Waals surface area contributed by atoms with Crippen LogP contribution in [0.4, 0.5) is 4.79 Å². The molecule has 1 fully saturated rings. The summed E-state index contributed by atoms with van der Waals surface area (Å²) in [7, 11) is 0. The number of nitrogens with zero attached hydrogens (tertiary/aromatic N) is 1. The van der Waals surface area contributed by atoms with Crippen LogP contribution in [0.1, 0.15) is 36.5 Å². The Kier molecular flexibility index (Phi) is 4.25. The van der Waals surface area contributed by atoms with E-state index in [-0.39, 0.29) is 5.78 Å². The standard InChI is InChI=1S/C14H15Cl2NO3/c1-2-5-14(6-7-17(14)13(19)20)12(18)9-3-4-10(15)11(16)8-9/h3-4,8H,2,5-7H2,1H3,(H,19,20). The summed E-state index contributed by atoms with van der Waals surface area (Å²) >= 11 is 11.8. The number of carbonyl (C=O) groups excluding carboxylic acids is 1. The van der Waals surface area contributed by atoms with Crippen LogP contribution in [-0.2, 0) is 0 Å². The van der Waals surface area contributed by atoms with Crippen LogP contribution in [-0.4, -0.2) is 34.0 Å². The van der Waals surface area contributed by atoms with Crippen molar-refractivity contribution in [1.82, 2.24) is 4.90 Å². The van der Waals surface area contributed by atoms with Crippen molar-refractivity contribution in [2.45, 2.75) is 31.7 Å². The molecule has 0 saturated carbocycles. The third-order valence-electron chi connectivity index (χ3n) is 3.76. The van der Waals surface area contributed by atoms with Crippen molar-refractivity contribution in [2.75, 3.05) is 6.54 Å². The molecule has 108 valence electrons. The molecule has 0 bridgehead atoms. The van der Waals surface area contributed by atoms with Gasteiger partial charge in [-0.15, -0.1) is 0 Å². The van der Waals surface area contributed by atoms with Gasteiger partial charge in [-0.2, -0.15) is 0 Å². The van der Waals surface area contributed by atoms with Crippen LogP contribution >= 0.6 is 23.2 Å². The smallest absolute Gasteiger partial charge is 0.408 e. The Hall–Kier alpha value is -1.26. The molecule has 0 aliphatic carbocycles. The van der Waals surface area contributed by atoms with Gasteiger partial charge in [0.05, 0.1) is 10.0 Å². The van der Waals surface area contributed by atoms with E-state index < -0.39 is 11.6 Å². The maximum atomic E-state index is 12.7. The molecule has 0 aromatic heterocycles. The summed E-state index contributed by atoms with van der Waals surface area (Å²) in [6, 6.07) is 4.65. The molecule has 1 unspecified atom stereocenters. The number of Topliss-reactive ketones (excluding diaryl/α,β-unsaturated/α-hetero) is 1. The predicted octanol–water partition coefficient (Wildman–Crippen LogP) is 4.10. The molecule has 1 amide bonds. The maximum absolute atomic E-state index is 12.7. The quantitative estimate of drug-likeness (QED) is 0.851. The van der Waals surface area contributed by atoms with Crippen LogP contribution in [0.3, 0.4) is 0 Å². The fraction of sp³-hybridized carbons (Fsp3) is 0.429. The minimum atomic E-state index is -1.06. The normalized spacial score (nSPS) is 21.4. The highest BCUT2D eigenvalue weighted by Crippen LogP contribution is 2.39. The van der Waals surface area contributed by atoms with E-state index in [4.69, 9.17) is 23.2 Å². The zero-order valence-corrected chi connectivity index (χ0v) is 12.5. The van der Waals surface area contributed by atoms with Crippen molar-refractivity contribution >= 4 is 35.1 Å². The molecule has 1 aliphatic rings. The van der Waals surface area contributed by atoms with Gasteiger partial charge >= 0.3 is 6.09 Å². The van der Waals surface area contributed by atoms with Crippen LogP contribution in [0.2, 0.25) is 10.0 Å². The second-order valence-electron chi connectivity index (χ2n) is 4.92. The number of halogens is 2. The number of ketones is 1. The molecule has 1 aromatic rings. The van der Waals surface area contributed by atoms with Crippen molar-refractivity contribution < 1.29 is 14.7 Å². The molecule has 4 nitrogen and oxygen atoms in total. The lowest BCUT2D eigenvalue weighted by atomic mass is 9.75. The molecule has 1 aliphatic heterocycles. The van der Waals surface area contributed by atoms with Crippen molar-refractivity contribution in [3.05, 3.63) is 33.8 Å². The third-order valence-corrected chi connectivity index (χ3v) is 4.50. The lowest BCUT2D eigenvalue weighted by Crippen LogP contribution is -2.66. The number of hydrogen-bond donors (Lipinski definition) is 1. The van der Waals surface area contributed by atoms with Crippen LogP contribution in [0.5, 0.6) is 0 Å². The molecule has 1 atom stereocenters. The Bertz CT molecular complexity index is 561. The summed E-state index contributed by atoms with van der Waals surface area (Å²) in [5, 5.41) is 9.88. The van der Waals surface area contributed by atoms with E-state index in [1.54, 1.807) is 12.1 Å². The number of amides is 1. The topological polar surface area (TPSA) is 57.6 Å². The Labute approximate surface area is 127 Å². The minimum absolute atomic E-state index is 0.202. The minimum Gasteiger partial charge on any atom is -0.465 e. The number of rotatable bonds is 4. The van der Waals surface area contributed by atoms with Crippen LogP contribution in [0.25, 0.3) is 0 Å². The largest absolute Gasteiger partial charge is 0.465 e. The average Bonchev–Trinajstić information content (AvgIpc) is 2.36. The van der Waals surface area contributed by atoms with Crippen LogP contribution < -0.4 is 0 Å². The number of benzene rings is 1. The van der Waals surface area contributed by atoms with E-state index in [1.165, 1.54) is 11.0 Å². The summed E-state index contributed by atoms with van der Waals surface area (Å²) in [4.78, 5) is 25.2. The highest BCUT2D eigenvalue weighted by Gasteiger charge is 2.52. The Morgan fingerprint density at radius 1 is 1.35 bits per heavy atom. The zero-order chi connectivity index (χ0) is 14.9. The highest BCUT2D eigenvalue weighted by atomic mass is 35.5. The van der Waals surface area contributed by atoms with Gasteiger partial charge in [-0.1, -0.05) is 36.5 Å². The molecule has 0 spiro atoms. The van der Waals surface area contributed by atoms with Gasteiger partial charge in [0.1, 0.15) is 5.54 Å². The molecule has 6 heteroatoms. The molecule has 1 heterocycles. The SMILES string of the molecule is CCCC1(C(=O)c2ccc(Cl)c(Cl)c2)CCN1C(=O)O. The molecule has 20 heavy (non-hydrogen) atoms. The second kappa shape index (κ2) is 5.62. The van der Waals surface area contributed by atoms with Crippen molar-refractivity contribution in [3.63, 3.8) is 0 Å². The number of hydrogen-bond acceptors (Lipinski definition) is 2. The predicted molar refractivity (Wildman–Crippen MR) is 77.8 cm³/mol. The van der Waals surface area contributed by atoms with Crippen LogP contribution in [0.15, 0.2) is 18.2 Å². The van der Waals surface area contributed by atoms with Gasteiger partial charge < -0.3 is 5.11 Å². The van der Waals surface area contributed by atoms with Gasteiger partial charge in [-0.25, -0.2) is 4.79 Å². The second-order valence-corrected chi connectivity index (χ2v) is 5.74. The molecule has 1 saturated heterocycles. The first-order valence-electron chi connectivity index (χ1n) is 6.43. The number of likely N-dealkylation sites (tertiary alicyclic amines) is 1. The van der Waals surface area contributed by atoms with E-state index in [2.05, 4.69) is 0 Å². The van der Waals surface area contributed by atoms with E-state index in [0.29, 0.717) is 35.0 Å². The maximum Gasteiger partial charge on any atom is 0.408 e. The lowest BCUT2D eigenvalue weighted by molar-refractivity contribution is 0.00233. The van der Waals surface area contributed by atoms with Crippen molar-refractivity contribution in [3.8, 4) is 0 Å². The zero-order valence-electron chi connectivity index (χ0n) is 11.0. The highest BCUT2D eigenvalue weighted by molar-refractivity contribution is 6.42. The fourth-order valence-corrected chi connectivity index (χ4v) is 3.00. The first kappa shape index (κ1) is 15.1. The summed E-state index contributed by atoms with van der Waals surface area (Å²) in [5.74, 6) is -0.202. The Morgan fingerprint density at radius 2 is 2.05 bits per heavy atom. The van der Waals surface area contributed by atoms with Gasteiger partial charge in [-0.3, -0.25) is 9.69 Å². The summed E-state index contributed by atoms with van der Waals surface area (Å²) in [5.41, 5.74) is -0.545. The van der Waals surface area contributed by atoms with E-state index >= 15 is 0 Å². The first-order chi connectivity index (χ1) is 9.42. The Morgan fingerprint density at radius 3 is 2.50 bits per heavy atom. The van der Waals surface area contributed by atoms with E-state index in [0.717, 1.165) is 6.42 Å². The van der Waals surface area contributed by atoms with Gasteiger partial charge in [0.15, 0.2) is 5.78 Å². The summed E-state index contributed by atoms with van der Waals surface area (Å²) in [6.45, 7) is 2.32. The van der Waals surface area contributed by atoms with Gasteiger partial charge in [0.25, 0.3) is 0 Å². The third kappa shape index (κ3) is 2.38. The number of carbonyl (C=O) groups is 2. The lowest BCUT2D eigenvalue weighted by Gasteiger charge is -2.50. The summed E-state index contributed by atoms with van der Waals surface area (Å²) in [6.07, 6.45) is 0.736. The number of carboxylic acid groups (broad SMARTS) is 1. The van der Waals surface area contributed by atoms with Gasteiger partial charge in [-0.05, 0) is 31.0 Å². The van der Waals surface area contributed by atoms with E-state index in [1.807, 2.05) is 6.92 Å². The average molecular weight is 316 g/mol. The van der Waals surface area contributed by atoms with Gasteiger partial charge in [0, 0.05) is 12.1 Å². The Balaban J connectivity index is 2.37. The molecular formula is C14H15Cl2NO3. The molecular weight excluding hydrogens is 301 g/mol. The molecule has 1 aromatic carbocycles. The van der Waals surface area contributed by atoms with Crippen molar-refractivity contribution in [2.24, 2.45) is 0 Å². The fourth-order valence-electron chi connectivity index (χ4n) is 2.70. The van der Waals surface area contributed by atoms with E-state index in [9.17, 15) is 14.7 Å². The summed E-state index contributed by atoms with van der Waals surface area (Å²) < 4.78 is 0. The molecule has 2 rings (SSSR count). The van der Waals surface area contributed by atoms with Gasteiger partial charge in [0.2, 0.25) is 0 Å². The monoisotopic (exact) mass is 315 g/mol. The first-order valence-corrected chi connectivity index (χ1v) is 7.18. The molecule has 0 radical (unpaired) electrons. The van der Waals surface area contributed by atoms with Crippen LogP contribution in [0, 0.1) is 0 Å². The molecule has 1 N–H and O–H groups in total. The van der Waals surface area contributed by atoms with Crippen molar-refractivity contribution in [1.29, 1.82) is 0 Å².